The molecule has 2 saturated carbocycles. The number of aliphatic hydroxyl groups is 1. The summed E-state index contributed by atoms with van der Waals surface area (Å²) in [5, 5.41) is 9.82. The Kier molecular flexibility index (Phi) is 2.88. The van der Waals surface area contributed by atoms with Crippen LogP contribution >= 0.6 is 0 Å². The van der Waals surface area contributed by atoms with Crippen LogP contribution in [0.1, 0.15) is 58.8 Å². The summed E-state index contributed by atoms with van der Waals surface area (Å²) in [6.45, 7) is 4.31. The van der Waals surface area contributed by atoms with Gasteiger partial charge in [0.1, 0.15) is 0 Å². The number of hydrogen-bond donors (Lipinski definition) is 1. The fourth-order valence-corrected chi connectivity index (χ4v) is 3.46. The number of rotatable bonds is 3. The molecule has 2 rings (SSSR count). The summed E-state index contributed by atoms with van der Waals surface area (Å²) in [7, 11) is 0. The first kappa shape index (κ1) is 10.5. The molecule has 0 spiro atoms. The molecule has 82 valence electrons. The highest BCUT2D eigenvalue weighted by Crippen LogP contribution is 2.59. The minimum Gasteiger partial charge on any atom is -0.393 e. The zero-order valence-electron chi connectivity index (χ0n) is 9.63. The van der Waals surface area contributed by atoms with Gasteiger partial charge >= 0.3 is 0 Å². The van der Waals surface area contributed by atoms with Gasteiger partial charge in [0.2, 0.25) is 0 Å². The quantitative estimate of drug-likeness (QED) is 0.734. The summed E-state index contributed by atoms with van der Waals surface area (Å²) in [6, 6.07) is 0. The van der Waals surface area contributed by atoms with Crippen LogP contribution in [0.4, 0.5) is 0 Å². The minimum atomic E-state index is -0.0642. The van der Waals surface area contributed by atoms with Crippen LogP contribution in [0.3, 0.4) is 0 Å². The SMILES string of the molecule is CCC1CCC(C2(C(C)O)CC2)CC1. The standard InChI is InChI=1S/C13H24O/c1-3-11-4-6-12(7-5-11)13(8-9-13)10(2)14/h10-12,14H,3-9H2,1-2H3. The van der Waals surface area contributed by atoms with Crippen LogP contribution in [0.5, 0.6) is 0 Å². The van der Waals surface area contributed by atoms with Gasteiger partial charge in [-0.1, -0.05) is 26.2 Å². The Morgan fingerprint density at radius 3 is 2.14 bits per heavy atom. The second kappa shape index (κ2) is 3.84. The summed E-state index contributed by atoms with van der Waals surface area (Å²) in [5.41, 5.74) is 0.360. The maximum absolute atomic E-state index is 9.82. The van der Waals surface area contributed by atoms with Gasteiger partial charge in [-0.3, -0.25) is 0 Å². The van der Waals surface area contributed by atoms with Crippen molar-refractivity contribution in [3.05, 3.63) is 0 Å². The second-order valence-electron chi connectivity index (χ2n) is 5.54. The third kappa shape index (κ3) is 1.71. The molecule has 0 heterocycles. The Bertz CT molecular complexity index is 185. The average Bonchev–Trinajstić information content (AvgIpc) is 2.99. The molecule has 0 aromatic carbocycles. The Morgan fingerprint density at radius 2 is 1.79 bits per heavy atom. The van der Waals surface area contributed by atoms with Crippen molar-refractivity contribution in [3.8, 4) is 0 Å². The van der Waals surface area contributed by atoms with Crippen LogP contribution in [0.2, 0.25) is 0 Å². The fourth-order valence-electron chi connectivity index (χ4n) is 3.46. The normalized spacial score (nSPS) is 37.9. The lowest BCUT2D eigenvalue weighted by atomic mass is 9.71. The summed E-state index contributed by atoms with van der Waals surface area (Å²) < 4.78 is 0. The van der Waals surface area contributed by atoms with E-state index < -0.39 is 0 Å². The number of hydrogen-bond acceptors (Lipinski definition) is 1. The molecule has 2 aliphatic rings. The maximum atomic E-state index is 9.82. The van der Waals surface area contributed by atoms with Crippen molar-refractivity contribution in [3.63, 3.8) is 0 Å². The minimum absolute atomic E-state index is 0.0642. The predicted octanol–water partition coefficient (Wildman–Crippen LogP) is 3.36. The van der Waals surface area contributed by atoms with Gasteiger partial charge in [0.15, 0.2) is 0 Å². The fraction of sp³-hybridized carbons (Fsp3) is 1.00. The molecule has 0 aromatic heterocycles. The Morgan fingerprint density at radius 1 is 1.21 bits per heavy atom. The monoisotopic (exact) mass is 196 g/mol. The Labute approximate surface area is 87.9 Å². The van der Waals surface area contributed by atoms with Gasteiger partial charge in [0.25, 0.3) is 0 Å². The molecule has 1 nitrogen and oxygen atoms in total. The van der Waals surface area contributed by atoms with Gasteiger partial charge < -0.3 is 5.11 Å². The van der Waals surface area contributed by atoms with Gasteiger partial charge in [0.05, 0.1) is 6.10 Å². The van der Waals surface area contributed by atoms with E-state index in [1.165, 1.54) is 44.9 Å². The van der Waals surface area contributed by atoms with E-state index in [0.29, 0.717) is 5.41 Å². The van der Waals surface area contributed by atoms with Crippen LogP contribution in [-0.2, 0) is 0 Å². The Balaban J connectivity index is 1.89. The van der Waals surface area contributed by atoms with Crippen molar-refractivity contribution in [2.75, 3.05) is 0 Å². The van der Waals surface area contributed by atoms with E-state index >= 15 is 0 Å². The van der Waals surface area contributed by atoms with Crippen molar-refractivity contribution < 1.29 is 5.11 Å². The Hall–Kier alpha value is -0.0400. The van der Waals surface area contributed by atoms with Gasteiger partial charge in [-0.15, -0.1) is 0 Å². The van der Waals surface area contributed by atoms with Crippen LogP contribution < -0.4 is 0 Å². The molecule has 0 bridgehead atoms. The first-order valence-corrected chi connectivity index (χ1v) is 6.37. The molecule has 2 aliphatic carbocycles. The van der Waals surface area contributed by atoms with E-state index in [1.54, 1.807) is 0 Å². The number of aliphatic hydroxyl groups excluding tert-OH is 1. The third-order valence-corrected chi connectivity index (χ3v) is 4.90. The van der Waals surface area contributed by atoms with Crippen molar-refractivity contribution in [2.24, 2.45) is 17.3 Å². The van der Waals surface area contributed by atoms with E-state index in [-0.39, 0.29) is 6.10 Å². The van der Waals surface area contributed by atoms with Crippen molar-refractivity contribution >= 4 is 0 Å². The van der Waals surface area contributed by atoms with E-state index in [9.17, 15) is 5.11 Å². The van der Waals surface area contributed by atoms with E-state index in [4.69, 9.17) is 0 Å². The van der Waals surface area contributed by atoms with Gasteiger partial charge in [-0.25, -0.2) is 0 Å². The summed E-state index contributed by atoms with van der Waals surface area (Å²) in [5.74, 6) is 1.82. The zero-order chi connectivity index (χ0) is 10.2. The van der Waals surface area contributed by atoms with Crippen LogP contribution in [0.15, 0.2) is 0 Å². The topological polar surface area (TPSA) is 20.2 Å². The molecule has 0 aliphatic heterocycles. The van der Waals surface area contributed by atoms with Crippen LogP contribution in [0, 0.1) is 17.3 Å². The molecule has 2 fully saturated rings. The first-order chi connectivity index (χ1) is 6.69. The average molecular weight is 196 g/mol. The van der Waals surface area contributed by atoms with Crippen molar-refractivity contribution in [1.29, 1.82) is 0 Å². The zero-order valence-corrected chi connectivity index (χ0v) is 9.63. The molecular weight excluding hydrogens is 172 g/mol. The van der Waals surface area contributed by atoms with Gasteiger partial charge in [-0.05, 0) is 49.9 Å². The largest absolute Gasteiger partial charge is 0.393 e. The molecule has 14 heavy (non-hydrogen) atoms. The molecule has 1 heteroatoms. The third-order valence-electron chi connectivity index (χ3n) is 4.90. The molecule has 0 saturated heterocycles. The second-order valence-corrected chi connectivity index (χ2v) is 5.54. The highest BCUT2D eigenvalue weighted by atomic mass is 16.3. The van der Waals surface area contributed by atoms with Gasteiger partial charge in [-0.2, -0.15) is 0 Å². The van der Waals surface area contributed by atoms with Crippen molar-refractivity contribution in [2.45, 2.75) is 64.9 Å². The highest BCUT2D eigenvalue weighted by Gasteiger charge is 2.52. The van der Waals surface area contributed by atoms with Crippen LogP contribution in [0.25, 0.3) is 0 Å². The van der Waals surface area contributed by atoms with E-state index in [1.807, 2.05) is 6.92 Å². The highest BCUT2D eigenvalue weighted by molar-refractivity contribution is 5.02. The molecule has 0 radical (unpaired) electrons. The predicted molar refractivity (Wildman–Crippen MR) is 59.1 cm³/mol. The van der Waals surface area contributed by atoms with Gasteiger partial charge in [0, 0.05) is 0 Å². The summed E-state index contributed by atoms with van der Waals surface area (Å²) in [4.78, 5) is 0. The molecule has 1 atom stereocenters. The molecule has 0 aromatic rings. The first-order valence-electron chi connectivity index (χ1n) is 6.37. The summed E-state index contributed by atoms with van der Waals surface area (Å²) >= 11 is 0. The summed E-state index contributed by atoms with van der Waals surface area (Å²) in [6.07, 6.45) is 9.44. The molecular formula is C13H24O. The van der Waals surface area contributed by atoms with Crippen LogP contribution in [-0.4, -0.2) is 11.2 Å². The molecule has 1 N–H and O–H groups in total. The lowest BCUT2D eigenvalue weighted by Crippen LogP contribution is -2.30. The van der Waals surface area contributed by atoms with E-state index in [2.05, 4.69) is 6.92 Å². The molecule has 0 amide bonds. The lowest BCUT2D eigenvalue weighted by molar-refractivity contribution is 0.0461. The van der Waals surface area contributed by atoms with E-state index in [0.717, 1.165) is 11.8 Å². The molecule has 1 unspecified atom stereocenters. The lowest BCUT2D eigenvalue weighted by Gasteiger charge is -2.35. The smallest absolute Gasteiger partial charge is 0.0570 e. The van der Waals surface area contributed by atoms with Crippen molar-refractivity contribution in [1.82, 2.24) is 0 Å². The maximum Gasteiger partial charge on any atom is 0.0570 e.